The molecule has 0 radical (unpaired) electrons. The third kappa shape index (κ3) is 3.88. The second-order valence-corrected chi connectivity index (χ2v) is 7.97. The average Bonchev–Trinajstić information content (AvgIpc) is 3.22. The second-order valence-electron chi connectivity index (χ2n) is 7.56. The molecule has 158 valence electrons. The number of amides is 1. The lowest BCUT2D eigenvalue weighted by Gasteiger charge is -2.25. The van der Waals surface area contributed by atoms with E-state index in [1.807, 2.05) is 42.5 Å². The summed E-state index contributed by atoms with van der Waals surface area (Å²) < 4.78 is 1.74. The number of hydrogen-bond acceptors (Lipinski definition) is 4. The molecule has 3 aromatic carbocycles. The number of benzene rings is 3. The predicted molar refractivity (Wildman–Crippen MR) is 127 cm³/mol. The maximum Gasteiger partial charge on any atom is 0.258 e. The Morgan fingerprint density at radius 1 is 1.00 bits per heavy atom. The van der Waals surface area contributed by atoms with Gasteiger partial charge in [-0.15, -0.1) is 5.10 Å². The van der Waals surface area contributed by atoms with Crippen LogP contribution >= 0.6 is 11.6 Å². The molecule has 6 nitrogen and oxygen atoms in total. The van der Waals surface area contributed by atoms with Crippen LogP contribution in [-0.2, 0) is 0 Å². The Labute approximate surface area is 190 Å². The van der Waals surface area contributed by atoms with Gasteiger partial charge in [-0.05, 0) is 42.3 Å². The van der Waals surface area contributed by atoms with E-state index in [-0.39, 0.29) is 17.9 Å². The zero-order valence-electron chi connectivity index (χ0n) is 17.3. The molecule has 4 aromatic rings. The van der Waals surface area contributed by atoms with Gasteiger partial charge in [0.05, 0.1) is 0 Å². The molecule has 0 bridgehead atoms. The largest absolute Gasteiger partial charge is 0.324 e. The molecule has 0 unspecified atom stereocenters. The van der Waals surface area contributed by atoms with E-state index in [0.717, 1.165) is 16.8 Å². The Morgan fingerprint density at radius 3 is 2.47 bits per heavy atom. The van der Waals surface area contributed by atoms with E-state index >= 15 is 0 Å². The molecule has 0 fully saturated rings. The minimum atomic E-state index is -0.286. The van der Waals surface area contributed by atoms with E-state index in [1.54, 1.807) is 16.8 Å². The topological polar surface area (TPSA) is 71.8 Å². The molecule has 1 aromatic heterocycles. The number of aromatic nitrogens is 3. The minimum Gasteiger partial charge on any atom is -0.324 e. The van der Waals surface area contributed by atoms with Gasteiger partial charge in [0.15, 0.2) is 0 Å². The predicted octanol–water partition coefficient (Wildman–Crippen LogP) is 5.55. The number of halogens is 1. The first-order valence-electron chi connectivity index (χ1n) is 10.2. The van der Waals surface area contributed by atoms with Crippen LogP contribution in [0.3, 0.4) is 0 Å². The molecular formula is C25H20ClN5O. The van der Waals surface area contributed by atoms with Crippen molar-refractivity contribution in [3.63, 3.8) is 0 Å². The maximum absolute atomic E-state index is 12.6. The van der Waals surface area contributed by atoms with Crippen molar-refractivity contribution in [3.8, 4) is 0 Å². The van der Waals surface area contributed by atoms with Crippen LogP contribution in [0.4, 0.5) is 11.9 Å². The fourth-order valence-corrected chi connectivity index (χ4v) is 3.89. The van der Waals surface area contributed by atoms with Crippen LogP contribution in [0.2, 0.25) is 5.02 Å². The van der Waals surface area contributed by atoms with Gasteiger partial charge in [-0.2, -0.15) is 4.98 Å². The Balaban J connectivity index is 1.53. The highest BCUT2D eigenvalue weighted by Gasteiger charge is 2.27. The summed E-state index contributed by atoms with van der Waals surface area (Å²) >= 11 is 6.53. The summed E-state index contributed by atoms with van der Waals surface area (Å²) in [6.45, 7) is 2.05. The highest BCUT2D eigenvalue weighted by atomic mass is 35.5. The van der Waals surface area contributed by atoms with Crippen LogP contribution < -0.4 is 10.6 Å². The van der Waals surface area contributed by atoms with Gasteiger partial charge in [-0.25, -0.2) is 4.68 Å². The molecule has 32 heavy (non-hydrogen) atoms. The SMILES string of the molecule is Cc1ccc(C2=C[C@@H](c3ccccc3Cl)n3nc(NC(=O)c4ccccc4)nc3N2)cc1. The van der Waals surface area contributed by atoms with Crippen LogP contribution in [-0.4, -0.2) is 20.7 Å². The molecule has 5 rings (SSSR count). The van der Waals surface area contributed by atoms with Crippen molar-refractivity contribution in [2.24, 2.45) is 0 Å². The summed E-state index contributed by atoms with van der Waals surface area (Å²) in [5, 5.41) is 11.3. The summed E-state index contributed by atoms with van der Waals surface area (Å²) in [5.74, 6) is 0.475. The van der Waals surface area contributed by atoms with E-state index < -0.39 is 0 Å². The summed E-state index contributed by atoms with van der Waals surface area (Å²) in [5.41, 5.74) is 4.54. The molecule has 0 saturated heterocycles. The highest BCUT2D eigenvalue weighted by Crippen LogP contribution is 2.36. The average molecular weight is 442 g/mol. The van der Waals surface area contributed by atoms with Crippen molar-refractivity contribution >= 4 is 35.1 Å². The van der Waals surface area contributed by atoms with Crippen LogP contribution in [0.1, 0.15) is 33.1 Å². The van der Waals surface area contributed by atoms with Gasteiger partial charge < -0.3 is 5.32 Å². The number of nitrogens with one attached hydrogen (secondary N) is 2. The Bertz CT molecular complexity index is 1310. The number of carbonyl (C=O) groups is 1. The third-order valence-electron chi connectivity index (χ3n) is 5.31. The highest BCUT2D eigenvalue weighted by molar-refractivity contribution is 6.31. The first-order chi connectivity index (χ1) is 15.6. The van der Waals surface area contributed by atoms with E-state index in [4.69, 9.17) is 11.6 Å². The molecule has 1 atom stereocenters. The van der Waals surface area contributed by atoms with E-state index in [1.165, 1.54) is 5.56 Å². The molecule has 0 saturated carbocycles. The second kappa shape index (κ2) is 8.32. The summed E-state index contributed by atoms with van der Waals surface area (Å²) in [6.07, 6.45) is 2.07. The number of hydrogen-bond donors (Lipinski definition) is 2. The lowest BCUT2D eigenvalue weighted by molar-refractivity contribution is 0.102. The number of aryl methyl sites for hydroxylation is 1. The van der Waals surface area contributed by atoms with Gasteiger partial charge in [-0.3, -0.25) is 10.1 Å². The standard InChI is InChI=1S/C25H20ClN5O/c1-16-11-13-17(14-12-16)21-15-22(19-9-5-6-10-20(19)26)31-25(27-21)29-24(30-31)28-23(32)18-7-3-2-4-8-18/h2-15,22H,1H3,(H2,27,28,29,30,32)/t22-/m0/s1. The zero-order valence-corrected chi connectivity index (χ0v) is 18.0. The van der Waals surface area contributed by atoms with E-state index in [0.29, 0.717) is 16.5 Å². The van der Waals surface area contributed by atoms with Crippen molar-refractivity contribution in [2.75, 3.05) is 10.6 Å². The van der Waals surface area contributed by atoms with Gasteiger partial charge >= 0.3 is 0 Å². The van der Waals surface area contributed by atoms with Gasteiger partial charge in [0.25, 0.3) is 11.9 Å². The number of anilines is 2. The number of carbonyl (C=O) groups excluding carboxylic acids is 1. The van der Waals surface area contributed by atoms with Crippen LogP contribution in [0.25, 0.3) is 5.70 Å². The first-order valence-corrected chi connectivity index (χ1v) is 10.6. The Kier molecular flexibility index (Phi) is 5.21. The molecule has 2 N–H and O–H groups in total. The van der Waals surface area contributed by atoms with Crippen molar-refractivity contribution in [1.29, 1.82) is 0 Å². The first kappa shape index (κ1) is 20.0. The van der Waals surface area contributed by atoms with Gasteiger partial charge in [0.1, 0.15) is 6.04 Å². The van der Waals surface area contributed by atoms with E-state index in [9.17, 15) is 4.79 Å². The van der Waals surface area contributed by atoms with Gasteiger partial charge in [0.2, 0.25) is 5.95 Å². The fraction of sp³-hybridized carbons (Fsp3) is 0.0800. The van der Waals surface area contributed by atoms with Crippen molar-refractivity contribution < 1.29 is 4.79 Å². The van der Waals surface area contributed by atoms with Crippen molar-refractivity contribution in [1.82, 2.24) is 14.8 Å². The smallest absolute Gasteiger partial charge is 0.258 e. The molecule has 0 aliphatic carbocycles. The maximum atomic E-state index is 12.6. The summed E-state index contributed by atoms with van der Waals surface area (Å²) in [4.78, 5) is 17.1. The van der Waals surface area contributed by atoms with Crippen molar-refractivity contribution in [3.05, 3.63) is 112 Å². The molecule has 2 heterocycles. The third-order valence-corrected chi connectivity index (χ3v) is 5.66. The summed E-state index contributed by atoms with van der Waals surface area (Å²) in [7, 11) is 0. The molecule has 0 spiro atoms. The van der Waals surface area contributed by atoms with E-state index in [2.05, 4.69) is 58.0 Å². The Hall–Kier alpha value is -3.90. The molecule has 1 amide bonds. The number of fused-ring (bicyclic) bond motifs is 1. The Morgan fingerprint density at radius 2 is 1.72 bits per heavy atom. The number of nitrogens with zero attached hydrogens (tertiary/aromatic N) is 3. The lowest BCUT2D eigenvalue weighted by atomic mass is 10.0. The molecule has 1 aliphatic heterocycles. The normalized spacial score (nSPS) is 14.8. The quantitative estimate of drug-likeness (QED) is 0.435. The molecule has 7 heteroatoms. The fourth-order valence-electron chi connectivity index (χ4n) is 3.65. The van der Waals surface area contributed by atoms with Crippen LogP contribution in [0, 0.1) is 6.92 Å². The van der Waals surface area contributed by atoms with Gasteiger partial charge in [0, 0.05) is 16.3 Å². The van der Waals surface area contributed by atoms with Gasteiger partial charge in [-0.1, -0.05) is 77.8 Å². The van der Waals surface area contributed by atoms with Crippen LogP contribution in [0.15, 0.2) is 84.9 Å². The van der Waals surface area contributed by atoms with Crippen molar-refractivity contribution in [2.45, 2.75) is 13.0 Å². The number of allylic oxidation sites excluding steroid dienone is 1. The number of rotatable bonds is 4. The zero-order chi connectivity index (χ0) is 22.1. The lowest BCUT2D eigenvalue weighted by Crippen LogP contribution is -2.20. The monoisotopic (exact) mass is 441 g/mol. The summed E-state index contributed by atoms with van der Waals surface area (Å²) in [6, 6.07) is 24.6. The molecule has 1 aliphatic rings. The molecular weight excluding hydrogens is 422 g/mol. The van der Waals surface area contributed by atoms with Crippen LogP contribution in [0.5, 0.6) is 0 Å². The minimum absolute atomic E-state index is 0.219.